The molecule has 1 heterocycles. The van der Waals surface area contributed by atoms with Crippen LogP contribution in [0.15, 0.2) is 24.3 Å². The normalized spacial score (nSPS) is 18.6. The molecule has 1 saturated heterocycles. The van der Waals surface area contributed by atoms with Crippen LogP contribution in [0.4, 0.5) is 5.69 Å². The maximum atomic E-state index is 12.5. The number of anilines is 1. The molecule has 2 amide bonds. The lowest BCUT2D eigenvalue weighted by molar-refractivity contribution is -0.401. The van der Waals surface area contributed by atoms with Gasteiger partial charge in [-0.15, -0.1) is 11.8 Å². The standard InChI is InChI=1S/C16H20N2O5S/c1-3-23-16(21)12(17)9-24-13-8-14(19)18(15(13)20)10-4-6-11(22-2)7-5-10/h4-7,12-13H,3,8-9,17H2,1-2H3/p+1/t12-,13+/m1/s1. The lowest BCUT2D eigenvalue weighted by Gasteiger charge is -2.15. The van der Waals surface area contributed by atoms with Crippen molar-refractivity contribution < 1.29 is 29.6 Å². The first-order chi connectivity index (χ1) is 11.5. The number of nitrogens with zero attached hydrogens (tertiary/aromatic N) is 1. The van der Waals surface area contributed by atoms with Gasteiger partial charge in [0.25, 0.3) is 0 Å². The molecule has 7 nitrogen and oxygen atoms in total. The van der Waals surface area contributed by atoms with E-state index in [2.05, 4.69) is 5.73 Å². The average Bonchev–Trinajstić information content (AvgIpc) is 2.86. The summed E-state index contributed by atoms with van der Waals surface area (Å²) < 4.78 is 9.96. The highest BCUT2D eigenvalue weighted by atomic mass is 32.2. The summed E-state index contributed by atoms with van der Waals surface area (Å²) in [5.41, 5.74) is 4.26. The van der Waals surface area contributed by atoms with Crippen LogP contribution in [0.5, 0.6) is 5.75 Å². The summed E-state index contributed by atoms with van der Waals surface area (Å²) in [5.74, 6) is 0.0661. The first kappa shape index (κ1) is 18.3. The molecular formula is C16H21N2O5S+. The van der Waals surface area contributed by atoms with Crippen molar-refractivity contribution in [3.05, 3.63) is 24.3 Å². The van der Waals surface area contributed by atoms with Crippen LogP contribution < -0.4 is 15.4 Å². The van der Waals surface area contributed by atoms with Gasteiger partial charge in [-0.2, -0.15) is 0 Å². The van der Waals surface area contributed by atoms with E-state index in [1.54, 1.807) is 38.3 Å². The number of benzene rings is 1. The Morgan fingerprint density at radius 2 is 2.04 bits per heavy atom. The molecule has 0 aliphatic carbocycles. The molecule has 130 valence electrons. The Hall–Kier alpha value is -2.06. The Balaban J connectivity index is 1.99. The van der Waals surface area contributed by atoms with Crippen LogP contribution in [0.25, 0.3) is 0 Å². The van der Waals surface area contributed by atoms with Crippen LogP contribution in [0.1, 0.15) is 13.3 Å². The average molecular weight is 353 g/mol. The smallest absolute Gasteiger partial charge is 0.365 e. The molecule has 0 aromatic heterocycles. The van der Waals surface area contributed by atoms with E-state index in [9.17, 15) is 14.4 Å². The van der Waals surface area contributed by atoms with E-state index in [4.69, 9.17) is 9.47 Å². The number of carbonyl (C=O) groups is 3. The Bertz CT molecular complexity index is 619. The Morgan fingerprint density at radius 1 is 1.38 bits per heavy atom. The highest BCUT2D eigenvalue weighted by Gasteiger charge is 2.40. The fourth-order valence-corrected chi connectivity index (χ4v) is 3.41. The minimum absolute atomic E-state index is 0.116. The highest BCUT2D eigenvalue weighted by molar-refractivity contribution is 8.00. The minimum Gasteiger partial charge on any atom is -0.497 e. The van der Waals surface area contributed by atoms with Gasteiger partial charge in [0.05, 0.1) is 30.4 Å². The van der Waals surface area contributed by atoms with Crippen molar-refractivity contribution in [1.29, 1.82) is 0 Å². The van der Waals surface area contributed by atoms with Crippen LogP contribution in [0.2, 0.25) is 0 Å². The van der Waals surface area contributed by atoms with Crippen molar-refractivity contribution >= 4 is 35.2 Å². The number of rotatable bonds is 7. The zero-order valence-electron chi connectivity index (χ0n) is 13.7. The molecule has 3 N–H and O–H groups in total. The lowest BCUT2D eigenvalue weighted by atomic mass is 10.3. The summed E-state index contributed by atoms with van der Waals surface area (Å²) >= 11 is 1.26. The third-order valence-corrected chi connectivity index (χ3v) is 4.92. The number of hydrogen-bond acceptors (Lipinski definition) is 6. The zero-order chi connectivity index (χ0) is 17.7. The number of methoxy groups -OCH3 is 1. The maximum Gasteiger partial charge on any atom is 0.365 e. The van der Waals surface area contributed by atoms with Gasteiger partial charge in [0.1, 0.15) is 5.75 Å². The van der Waals surface area contributed by atoms with Crippen molar-refractivity contribution in [2.24, 2.45) is 0 Å². The molecule has 24 heavy (non-hydrogen) atoms. The van der Waals surface area contributed by atoms with Crippen molar-refractivity contribution in [2.75, 3.05) is 24.4 Å². The van der Waals surface area contributed by atoms with E-state index in [1.165, 1.54) is 16.7 Å². The molecule has 1 aromatic rings. The van der Waals surface area contributed by atoms with Gasteiger partial charge in [-0.3, -0.25) is 9.59 Å². The number of hydrogen-bond donors (Lipinski definition) is 1. The van der Waals surface area contributed by atoms with E-state index < -0.39 is 17.3 Å². The number of thioether (sulfide) groups is 1. The molecule has 2 atom stereocenters. The molecule has 2 rings (SSSR count). The molecule has 8 heteroatoms. The molecule has 1 aromatic carbocycles. The first-order valence-corrected chi connectivity index (χ1v) is 8.65. The number of esters is 1. The van der Waals surface area contributed by atoms with Crippen LogP contribution in [-0.4, -0.2) is 48.5 Å². The SMILES string of the molecule is CCOC(=O)[C@H]([NH3+])CS[C@H]1CC(=O)N(c2ccc(OC)cc2)C1=O. The van der Waals surface area contributed by atoms with E-state index in [1.807, 2.05) is 0 Å². The summed E-state index contributed by atoms with van der Waals surface area (Å²) in [4.78, 5) is 37.4. The predicted molar refractivity (Wildman–Crippen MR) is 89.7 cm³/mol. The molecule has 0 unspecified atom stereocenters. The van der Waals surface area contributed by atoms with Crippen LogP contribution >= 0.6 is 11.8 Å². The third-order valence-electron chi connectivity index (χ3n) is 3.55. The van der Waals surface area contributed by atoms with Crippen LogP contribution in [-0.2, 0) is 19.1 Å². The summed E-state index contributed by atoms with van der Waals surface area (Å²) in [5, 5.41) is -0.502. The van der Waals surface area contributed by atoms with E-state index in [0.717, 1.165) is 0 Å². The van der Waals surface area contributed by atoms with Gasteiger partial charge in [-0.1, -0.05) is 0 Å². The zero-order valence-corrected chi connectivity index (χ0v) is 14.5. The molecule has 1 aliphatic rings. The number of amides is 2. The van der Waals surface area contributed by atoms with Crippen molar-refractivity contribution in [1.82, 2.24) is 0 Å². The van der Waals surface area contributed by atoms with E-state index in [-0.39, 0.29) is 18.2 Å². The number of quaternary nitrogens is 1. The highest BCUT2D eigenvalue weighted by Crippen LogP contribution is 2.30. The van der Waals surface area contributed by atoms with Gasteiger partial charge in [-0.25, -0.2) is 9.69 Å². The van der Waals surface area contributed by atoms with Gasteiger partial charge < -0.3 is 15.2 Å². The fourth-order valence-electron chi connectivity index (χ4n) is 2.30. The quantitative estimate of drug-likeness (QED) is 0.556. The second kappa shape index (κ2) is 8.16. The summed E-state index contributed by atoms with van der Waals surface area (Å²) in [7, 11) is 1.55. The van der Waals surface area contributed by atoms with Gasteiger partial charge in [0, 0.05) is 6.42 Å². The molecule has 0 spiro atoms. The number of carbonyl (C=O) groups excluding carboxylic acids is 3. The monoisotopic (exact) mass is 353 g/mol. The molecular weight excluding hydrogens is 332 g/mol. The summed E-state index contributed by atoms with van der Waals surface area (Å²) in [6, 6.07) is 6.18. The Kier molecular flexibility index (Phi) is 6.22. The van der Waals surface area contributed by atoms with Gasteiger partial charge in [-0.05, 0) is 31.2 Å². The Morgan fingerprint density at radius 3 is 2.62 bits per heavy atom. The van der Waals surface area contributed by atoms with Gasteiger partial charge in [0.2, 0.25) is 11.8 Å². The second-order valence-corrected chi connectivity index (χ2v) is 6.48. The predicted octanol–water partition coefficient (Wildman–Crippen LogP) is 0.234. The van der Waals surface area contributed by atoms with Crippen molar-refractivity contribution in [3.8, 4) is 5.75 Å². The van der Waals surface area contributed by atoms with Crippen molar-refractivity contribution in [3.63, 3.8) is 0 Å². The minimum atomic E-state index is -0.562. The van der Waals surface area contributed by atoms with E-state index in [0.29, 0.717) is 23.8 Å². The molecule has 0 bridgehead atoms. The summed E-state index contributed by atoms with van der Waals surface area (Å²) in [6.07, 6.45) is 0.116. The summed E-state index contributed by atoms with van der Waals surface area (Å²) in [6.45, 7) is 2.02. The van der Waals surface area contributed by atoms with Crippen LogP contribution in [0, 0.1) is 0 Å². The van der Waals surface area contributed by atoms with Gasteiger partial charge in [0.15, 0.2) is 6.04 Å². The molecule has 0 saturated carbocycles. The molecule has 0 radical (unpaired) electrons. The number of imide groups is 1. The van der Waals surface area contributed by atoms with E-state index >= 15 is 0 Å². The fraction of sp³-hybridized carbons (Fsp3) is 0.438. The lowest BCUT2D eigenvalue weighted by Crippen LogP contribution is -2.66. The van der Waals surface area contributed by atoms with Crippen LogP contribution in [0.3, 0.4) is 0 Å². The van der Waals surface area contributed by atoms with Gasteiger partial charge >= 0.3 is 5.97 Å². The first-order valence-electron chi connectivity index (χ1n) is 7.60. The largest absolute Gasteiger partial charge is 0.497 e. The topological polar surface area (TPSA) is 101 Å². The second-order valence-electron chi connectivity index (χ2n) is 5.24. The molecule has 1 aliphatic heterocycles. The molecule has 1 fully saturated rings. The maximum absolute atomic E-state index is 12.5. The Labute approximate surface area is 144 Å². The number of ether oxygens (including phenoxy) is 2. The van der Waals surface area contributed by atoms with Crippen molar-refractivity contribution in [2.45, 2.75) is 24.6 Å². The third kappa shape index (κ3) is 4.07.